The number of methoxy groups -OCH3 is 1. The molecule has 0 radical (unpaired) electrons. The topological polar surface area (TPSA) is 67.6 Å². The normalized spacial score (nSPS) is 10.7. The fourth-order valence-corrected chi connectivity index (χ4v) is 1.76. The average Bonchev–Trinajstić information content (AvgIpc) is 2.75. The first-order valence-electron chi connectivity index (χ1n) is 6.07. The Balaban J connectivity index is 2.86. The number of aliphatic hydroxyl groups is 1. The largest absolute Gasteiger partial charge is 0.395 e. The number of nitrogens with zero attached hydrogens (tertiary/aromatic N) is 3. The molecule has 0 bridgehead atoms. The molecule has 6 nitrogen and oxygen atoms in total. The molecule has 102 valence electrons. The minimum Gasteiger partial charge on any atom is -0.395 e. The van der Waals surface area contributed by atoms with Gasteiger partial charge >= 0.3 is 0 Å². The molecule has 18 heavy (non-hydrogen) atoms. The third-order valence-corrected chi connectivity index (χ3v) is 2.64. The standard InChI is InChI=1S/C12H21N3O3/c1-4-15-11(9-10(2)13-15)12(17)14(5-7-16)6-8-18-3/h9,16H,4-8H2,1-3H3. The van der Waals surface area contributed by atoms with Crippen molar-refractivity contribution in [2.45, 2.75) is 20.4 Å². The minimum absolute atomic E-state index is 0.0608. The Bertz CT molecular complexity index is 390. The number of ether oxygens (including phenoxy) is 1. The molecule has 1 aromatic heterocycles. The Morgan fingerprint density at radius 1 is 1.56 bits per heavy atom. The van der Waals surface area contributed by atoms with Crippen molar-refractivity contribution in [2.75, 3.05) is 33.4 Å². The van der Waals surface area contributed by atoms with Gasteiger partial charge in [-0.15, -0.1) is 0 Å². The second kappa shape index (κ2) is 7.13. The fourth-order valence-electron chi connectivity index (χ4n) is 1.76. The maximum Gasteiger partial charge on any atom is 0.272 e. The first-order valence-corrected chi connectivity index (χ1v) is 6.07. The van der Waals surface area contributed by atoms with Gasteiger partial charge in [0.15, 0.2) is 0 Å². The molecule has 0 spiro atoms. The molecule has 0 aliphatic rings. The number of aromatic nitrogens is 2. The van der Waals surface area contributed by atoms with Gasteiger partial charge < -0.3 is 14.7 Å². The van der Waals surface area contributed by atoms with Crippen molar-refractivity contribution in [1.29, 1.82) is 0 Å². The fraction of sp³-hybridized carbons (Fsp3) is 0.667. The second-order valence-corrected chi connectivity index (χ2v) is 4.00. The van der Waals surface area contributed by atoms with Gasteiger partial charge in [-0.2, -0.15) is 5.10 Å². The zero-order valence-corrected chi connectivity index (χ0v) is 11.2. The molecule has 0 unspecified atom stereocenters. The van der Waals surface area contributed by atoms with Gasteiger partial charge in [0.1, 0.15) is 5.69 Å². The van der Waals surface area contributed by atoms with Crippen LogP contribution in [0.5, 0.6) is 0 Å². The summed E-state index contributed by atoms with van der Waals surface area (Å²) < 4.78 is 6.64. The zero-order chi connectivity index (χ0) is 13.5. The lowest BCUT2D eigenvalue weighted by Gasteiger charge is -2.21. The second-order valence-electron chi connectivity index (χ2n) is 4.00. The summed E-state index contributed by atoms with van der Waals surface area (Å²) in [6.45, 7) is 5.59. The number of carbonyl (C=O) groups is 1. The molecule has 0 saturated heterocycles. The van der Waals surface area contributed by atoms with Crippen LogP contribution in [0.4, 0.5) is 0 Å². The molecule has 0 saturated carbocycles. The van der Waals surface area contributed by atoms with Crippen LogP contribution in [0.15, 0.2) is 6.07 Å². The number of amides is 1. The summed E-state index contributed by atoms with van der Waals surface area (Å²) in [7, 11) is 1.59. The third-order valence-electron chi connectivity index (χ3n) is 2.64. The Kier molecular flexibility index (Phi) is 5.80. The average molecular weight is 255 g/mol. The summed E-state index contributed by atoms with van der Waals surface area (Å²) >= 11 is 0. The maximum absolute atomic E-state index is 12.3. The van der Waals surface area contributed by atoms with E-state index in [2.05, 4.69) is 5.10 Å². The quantitative estimate of drug-likeness (QED) is 0.760. The summed E-state index contributed by atoms with van der Waals surface area (Å²) in [4.78, 5) is 13.9. The molecular formula is C12H21N3O3. The third kappa shape index (κ3) is 3.54. The van der Waals surface area contributed by atoms with Crippen LogP contribution in [0.1, 0.15) is 23.1 Å². The minimum atomic E-state index is -0.122. The first kappa shape index (κ1) is 14.7. The highest BCUT2D eigenvalue weighted by atomic mass is 16.5. The van der Waals surface area contributed by atoms with E-state index in [1.165, 1.54) is 0 Å². The lowest BCUT2D eigenvalue weighted by Crippen LogP contribution is -2.37. The number of aryl methyl sites for hydroxylation is 2. The van der Waals surface area contributed by atoms with Crippen molar-refractivity contribution in [1.82, 2.24) is 14.7 Å². The van der Waals surface area contributed by atoms with E-state index in [1.54, 1.807) is 22.8 Å². The van der Waals surface area contributed by atoms with E-state index in [-0.39, 0.29) is 12.5 Å². The molecule has 1 aromatic rings. The molecule has 0 aliphatic heterocycles. The highest BCUT2D eigenvalue weighted by molar-refractivity contribution is 5.92. The smallest absolute Gasteiger partial charge is 0.272 e. The van der Waals surface area contributed by atoms with Crippen molar-refractivity contribution in [3.8, 4) is 0 Å². The highest BCUT2D eigenvalue weighted by Crippen LogP contribution is 2.08. The van der Waals surface area contributed by atoms with Crippen molar-refractivity contribution in [3.63, 3.8) is 0 Å². The Morgan fingerprint density at radius 3 is 2.83 bits per heavy atom. The SMILES string of the molecule is CCn1nc(C)cc1C(=O)N(CCO)CCOC. The van der Waals surface area contributed by atoms with Crippen LogP contribution in [0.25, 0.3) is 0 Å². The monoisotopic (exact) mass is 255 g/mol. The summed E-state index contributed by atoms with van der Waals surface area (Å²) in [6.07, 6.45) is 0. The van der Waals surface area contributed by atoms with Crippen LogP contribution in [0, 0.1) is 6.92 Å². The molecule has 0 atom stereocenters. The predicted octanol–water partition coefficient (Wildman–Crippen LogP) is 0.292. The maximum atomic E-state index is 12.3. The van der Waals surface area contributed by atoms with Crippen LogP contribution in [-0.4, -0.2) is 59.1 Å². The lowest BCUT2D eigenvalue weighted by atomic mass is 10.3. The number of hydrogen-bond donors (Lipinski definition) is 1. The van der Waals surface area contributed by atoms with E-state index in [0.717, 1.165) is 5.69 Å². The van der Waals surface area contributed by atoms with E-state index < -0.39 is 0 Å². The van der Waals surface area contributed by atoms with E-state index in [4.69, 9.17) is 9.84 Å². The van der Waals surface area contributed by atoms with Gasteiger partial charge in [0.2, 0.25) is 0 Å². The van der Waals surface area contributed by atoms with E-state index in [1.807, 2.05) is 13.8 Å². The molecule has 6 heteroatoms. The van der Waals surface area contributed by atoms with Crippen LogP contribution in [0.3, 0.4) is 0 Å². The van der Waals surface area contributed by atoms with Crippen molar-refractivity contribution >= 4 is 5.91 Å². The van der Waals surface area contributed by atoms with Gasteiger partial charge in [0.05, 0.1) is 18.9 Å². The summed E-state index contributed by atoms with van der Waals surface area (Å²) in [5.74, 6) is -0.122. The number of rotatable bonds is 7. The van der Waals surface area contributed by atoms with Gasteiger partial charge in [0.25, 0.3) is 5.91 Å². The van der Waals surface area contributed by atoms with Crippen LogP contribution < -0.4 is 0 Å². The molecule has 0 aliphatic carbocycles. The molecular weight excluding hydrogens is 234 g/mol. The first-order chi connectivity index (χ1) is 8.63. The summed E-state index contributed by atoms with van der Waals surface area (Å²) in [6, 6.07) is 1.77. The summed E-state index contributed by atoms with van der Waals surface area (Å²) in [5.41, 5.74) is 1.37. The molecule has 1 N–H and O–H groups in total. The lowest BCUT2D eigenvalue weighted by molar-refractivity contribution is 0.0644. The molecule has 1 heterocycles. The van der Waals surface area contributed by atoms with E-state index >= 15 is 0 Å². The van der Waals surface area contributed by atoms with Gasteiger partial charge in [0, 0.05) is 26.7 Å². The van der Waals surface area contributed by atoms with Crippen molar-refractivity contribution in [2.24, 2.45) is 0 Å². The summed E-state index contributed by atoms with van der Waals surface area (Å²) in [5, 5.41) is 13.3. The Hall–Kier alpha value is -1.40. The Morgan fingerprint density at radius 2 is 2.28 bits per heavy atom. The molecule has 1 rings (SSSR count). The van der Waals surface area contributed by atoms with Crippen LogP contribution in [0.2, 0.25) is 0 Å². The molecule has 1 amide bonds. The number of hydrogen-bond acceptors (Lipinski definition) is 4. The van der Waals surface area contributed by atoms with Crippen LogP contribution >= 0.6 is 0 Å². The molecule has 0 aromatic carbocycles. The van der Waals surface area contributed by atoms with Gasteiger partial charge in [-0.3, -0.25) is 9.48 Å². The predicted molar refractivity (Wildman–Crippen MR) is 67.5 cm³/mol. The van der Waals surface area contributed by atoms with Gasteiger partial charge in [-0.1, -0.05) is 0 Å². The van der Waals surface area contributed by atoms with Crippen LogP contribution in [-0.2, 0) is 11.3 Å². The number of aliphatic hydroxyl groups excluding tert-OH is 1. The van der Waals surface area contributed by atoms with E-state index in [0.29, 0.717) is 31.9 Å². The van der Waals surface area contributed by atoms with Gasteiger partial charge in [-0.05, 0) is 19.9 Å². The molecule has 0 fully saturated rings. The highest BCUT2D eigenvalue weighted by Gasteiger charge is 2.19. The number of carbonyl (C=O) groups excluding carboxylic acids is 1. The van der Waals surface area contributed by atoms with E-state index in [9.17, 15) is 4.79 Å². The van der Waals surface area contributed by atoms with Crippen molar-refractivity contribution < 1.29 is 14.6 Å². The zero-order valence-electron chi connectivity index (χ0n) is 11.2. The Labute approximate surface area is 107 Å². The van der Waals surface area contributed by atoms with Crippen molar-refractivity contribution in [3.05, 3.63) is 17.5 Å². The van der Waals surface area contributed by atoms with Gasteiger partial charge in [-0.25, -0.2) is 0 Å².